The van der Waals surface area contributed by atoms with Gasteiger partial charge in [0.1, 0.15) is 0 Å². The molecule has 1 fully saturated rings. The Hall–Kier alpha value is -0.473. The lowest BCUT2D eigenvalue weighted by atomic mass is 9.95. The zero-order chi connectivity index (χ0) is 17.2. The summed E-state index contributed by atoms with van der Waals surface area (Å²) in [5, 5.41) is 1.54. The summed E-state index contributed by atoms with van der Waals surface area (Å²) >= 11 is 0. The van der Waals surface area contributed by atoms with Gasteiger partial charge in [0.2, 0.25) is 8.32 Å². The number of ether oxygens (including phenoxy) is 2. The third-order valence-electron chi connectivity index (χ3n) is 4.48. The molecule has 0 saturated carbocycles. The Bertz CT molecular complexity index is 396. The lowest BCUT2D eigenvalue weighted by molar-refractivity contribution is -0.373. The van der Waals surface area contributed by atoms with Gasteiger partial charge in [0, 0.05) is 13.0 Å². The van der Waals surface area contributed by atoms with Gasteiger partial charge in [-0.2, -0.15) is 0 Å². The number of hydrogen-bond donors (Lipinski definition) is 0. The highest BCUT2D eigenvalue weighted by atomic mass is 28.4. The fraction of sp³-hybridized carbons (Fsp3) is 0.933. The van der Waals surface area contributed by atoms with Gasteiger partial charge < -0.3 is 14.0 Å². The van der Waals surface area contributed by atoms with Crippen molar-refractivity contribution in [1.82, 2.24) is 5.23 Å². The molecule has 0 bridgehead atoms. The summed E-state index contributed by atoms with van der Waals surface area (Å²) in [6.45, 7) is 15.2. The van der Waals surface area contributed by atoms with Crippen LogP contribution in [-0.2, 0) is 23.6 Å². The molecule has 0 aliphatic carbocycles. The van der Waals surface area contributed by atoms with Crippen LogP contribution in [0.3, 0.4) is 0 Å². The summed E-state index contributed by atoms with van der Waals surface area (Å²) in [6, 6.07) is 0. The molecule has 7 heteroatoms. The first kappa shape index (κ1) is 19.6. The molecule has 130 valence electrons. The molecule has 0 aromatic heterocycles. The molecule has 0 aromatic rings. The Labute approximate surface area is 135 Å². The number of carbonyl (C=O) groups is 1. The van der Waals surface area contributed by atoms with Crippen LogP contribution in [0.1, 0.15) is 47.5 Å². The monoisotopic (exact) mass is 333 g/mol. The minimum atomic E-state index is -2.08. The van der Waals surface area contributed by atoms with Gasteiger partial charge in [-0.15, -0.1) is 0 Å². The van der Waals surface area contributed by atoms with Crippen LogP contribution in [-0.4, -0.2) is 45.1 Å². The van der Waals surface area contributed by atoms with Crippen molar-refractivity contribution >= 4 is 14.3 Å². The fourth-order valence-corrected chi connectivity index (χ4v) is 2.93. The second-order valence-corrected chi connectivity index (χ2v) is 12.3. The summed E-state index contributed by atoms with van der Waals surface area (Å²) in [5.74, 6) is -0.285. The Kier molecular flexibility index (Phi) is 6.20. The molecule has 1 aliphatic rings. The average Bonchev–Trinajstić information content (AvgIpc) is 2.64. The molecule has 1 aliphatic heterocycles. The first-order valence-electron chi connectivity index (χ1n) is 7.80. The Morgan fingerprint density at radius 2 is 2.00 bits per heavy atom. The molecule has 0 amide bonds. The van der Waals surface area contributed by atoms with Crippen molar-refractivity contribution in [1.29, 1.82) is 0 Å². The van der Waals surface area contributed by atoms with E-state index in [0.29, 0.717) is 13.0 Å². The maximum Gasteiger partial charge on any atom is 0.307 e. The number of nitrogens with zero attached hydrogens (tertiary/aromatic N) is 1. The van der Waals surface area contributed by atoms with Crippen LogP contribution in [0.2, 0.25) is 18.1 Å². The van der Waals surface area contributed by atoms with E-state index in [1.54, 1.807) is 0 Å². The number of hydroxylamine groups is 2. The Morgan fingerprint density at radius 3 is 2.45 bits per heavy atom. The molecular weight excluding hydrogens is 302 g/mol. The van der Waals surface area contributed by atoms with Gasteiger partial charge in [-0.1, -0.05) is 26.0 Å². The van der Waals surface area contributed by atoms with Gasteiger partial charge in [-0.25, -0.2) is 4.84 Å². The van der Waals surface area contributed by atoms with Gasteiger partial charge in [0.15, 0.2) is 6.29 Å². The summed E-state index contributed by atoms with van der Waals surface area (Å²) < 4.78 is 16.6. The van der Waals surface area contributed by atoms with E-state index in [2.05, 4.69) is 33.9 Å². The number of hydrogen-bond acceptors (Lipinski definition) is 6. The summed E-state index contributed by atoms with van der Waals surface area (Å²) in [6.07, 6.45) is 0.358. The van der Waals surface area contributed by atoms with Gasteiger partial charge in [-0.05, 0) is 32.0 Å². The molecule has 0 aromatic carbocycles. The van der Waals surface area contributed by atoms with E-state index < -0.39 is 20.1 Å². The maximum absolute atomic E-state index is 11.8. The van der Waals surface area contributed by atoms with E-state index >= 15 is 0 Å². The van der Waals surface area contributed by atoms with Gasteiger partial charge in [0.25, 0.3) is 0 Å². The zero-order valence-corrected chi connectivity index (χ0v) is 16.2. The first-order chi connectivity index (χ1) is 9.95. The number of methoxy groups -OCH3 is 1. The molecule has 2 atom stereocenters. The van der Waals surface area contributed by atoms with E-state index in [4.69, 9.17) is 18.8 Å². The summed E-state index contributed by atoms with van der Waals surface area (Å²) in [7, 11) is -0.690. The molecule has 1 rings (SSSR count). The van der Waals surface area contributed by atoms with Crippen LogP contribution in [0.15, 0.2) is 0 Å². The standard InChI is InChI=1S/C15H31NO5Si/c1-9-19-13-11-15(5,10-12(17)18-6)16(20-13)21-22(7,8)14(2,3)4/h13H,9-11H2,1-8H3/t13-,15+/m0/s1. The van der Waals surface area contributed by atoms with Gasteiger partial charge in [0.05, 0.1) is 19.1 Å². The minimum Gasteiger partial charge on any atom is -0.469 e. The highest BCUT2D eigenvalue weighted by molar-refractivity contribution is 6.74. The van der Waals surface area contributed by atoms with Crippen LogP contribution >= 0.6 is 0 Å². The highest BCUT2D eigenvalue weighted by Crippen LogP contribution is 2.42. The second-order valence-electron chi connectivity index (χ2n) is 7.55. The van der Waals surface area contributed by atoms with Gasteiger partial charge in [-0.3, -0.25) is 4.79 Å². The van der Waals surface area contributed by atoms with Crippen molar-refractivity contribution < 1.29 is 23.6 Å². The minimum absolute atomic E-state index is 0.0340. The van der Waals surface area contributed by atoms with E-state index in [1.165, 1.54) is 12.3 Å². The third-order valence-corrected chi connectivity index (χ3v) is 8.72. The van der Waals surface area contributed by atoms with Crippen molar-refractivity contribution in [2.24, 2.45) is 0 Å². The topological polar surface area (TPSA) is 57.2 Å². The summed E-state index contributed by atoms with van der Waals surface area (Å²) in [5.41, 5.74) is -0.595. The lowest BCUT2D eigenvalue weighted by Gasteiger charge is -2.41. The summed E-state index contributed by atoms with van der Waals surface area (Å²) in [4.78, 5) is 17.6. The molecule has 0 N–H and O–H groups in total. The number of esters is 1. The molecule has 0 spiro atoms. The van der Waals surface area contributed by atoms with Crippen LogP contribution in [0.25, 0.3) is 0 Å². The third kappa shape index (κ3) is 4.52. The van der Waals surface area contributed by atoms with Crippen LogP contribution in [0.5, 0.6) is 0 Å². The van der Waals surface area contributed by atoms with Crippen molar-refractivity contribution in [3.63, 3.8) is 0 Å². The SMILES string of the molecule is CCO[C@@H]1C[C@@](C)(CC(=O)OC)N(O[Si](C)(C)C(C)(C)C)O1. The normalized spacial score (nSPS) is 27.2. The van der Waals surface area contributed by atoms with Crippen molar-refractivity contribution in [3.05, 3.63) is 0 Å². The predicted octanol–water partition coefficient (Wildman–Crippen LogP) is 3.24. The molecule has 1 heterocycles. The Balaban J connectivity index is 2.94. The molecule has 0 radical (unpaired) electrons. The quantitative estimate of drug-likeness (QED) is 0.549. The first-order valence-corrected chi connectivity index (χ1v) is 10.7. The smallest absolute Gasteiger partial charge is 0.307 e. The molecular formula is C15H31NO5Si. The van der Waals surface area contributed by atoms with Crippen LogP contribution in [0, 0.1) is 0 Å². The molecule has 1 saturated heterocycles. The van der Waals surface area contributed by atoms with E-state index in [-0.39, 0.29) is 17.4 Å². The maximum atomic E-state index is 11.8. The van der Waals surface area contributed by atoms with Crippen molar-refractivity contribution in [2.45, 2.75) is 77.4 Å². The largest absolute Gasteiger partial charge is 0.469 e. The van der Waals surface area contributed by atoms with Crippen molar-refractivity contribution in [2.75, 3.05) is 13.7 Å². The second kappa shape index (κ2) is 6.96. The molecule has 6 nitrogen and oxygen atoms in total. The van der Waals surface area contributed by atoms with Crippen molar-refractivity contribution in [3.8, 4) is 0 Å². The highest BCUT2D eigenvalue weighted by Gasteiger charge is 2.51. The van der Waals surface area contributed by atoms with E-state index in [9.17, 15) is 4.79 Å². The molecule has 22 heavy (non-hydrogen) atoms. The number of rotatable bonds is 6. The number of carbonyl (C=O) groups excluding carboxylic acids is 1. The zero-order valence-electron chi connectivity index (χ0n) is 15.2. The van der Waals surface area contributed by atoms with Crippen LogP contribution < -0.4 is 0 Å². The van der Waals surface area contributed by atoms with E-state index in [0.717, 1.165) is 0 Å². The lowest BCUT2D eigenvalue weighted by Crippen LogP contribution is -2.52. The van der Waals surface area contributed by atoms with E-state index in [1.807, 2.05) is 13.8 Å². The average molecular weight is 334 g/mol. The predicted molar refractivity (Wildman–Crippen MR) is 86.3 cm³/mol. The van der Waals surface area contributed by atoms with Gasteiger partial charge >= 0.3 is 5.97 Å². The fourth-order valence-electron chi connectivity index (χ4n) is 1.98. The Morgan fingerprint density at radius 1 is 1.41 bits per heavy atom. The van der Waals surface area contributed by atoms with Crippen LogP contribution in [0.4, 0.5) is 0 Å². The molecule has 0 unspecified atom stereocenters.